The van der Waals surface area contributed by atoms with Crippen LogP contribution in [0.3, 0.4) is 0 Å². The molecule has 2 N–H and O–H groups in total. The topological polar surface area (TPSA) is 36.4 Å². The van der Waals surface area contributed by atoms with Crippen molar-refractivity contribution in [2.75, 3.05) is 20.1 Å². The Kier molecular flexibility index (Phi) is 6.49. The van der Waals surface area contributed by atoms with Crippen LogP contribution >= 0.6 is 0 Å². The second-order valence-corrected chi connectivity index (χ2v) is 5.43. The standard InChI is InChI=1S/C19H25N3/c1-16(18-11-7-4-8-12-18)15-22-19(20-2)21-14-13-17-9-5-3-6-10-17/h3-12,16H,13-15H2,1-2H3,(H2,20,21,22). The highest BCUT2D eigenvalue weighted by molar-refractivity contribution is 5.79. The summed E-state index contributed by atoms with van der Waals surface area (Å²) in [4.78, 5) is 4.28. The van der Waals surface area contributed by atoms with E-state index in [4.69, 9.17) is 0 Å². The third-order valence-electron chi connectivity index (χ3n) is 3.72. The molecule has 0 saturated heterocycles. The molecule has 2 aromatic rings. The van der Waals surface area contributed by atoms with E-state index in [1.807, 2.05) is 19.2 Å². The van der Waals surface area contributed by atoms with Crippen LogP contribution in [0, 0.1) is 0 Å². The highest BCUT2D eigenvalue weighted by Gasteiger charge is 2.05. The molecule has 0 radical (unpaired) electrons. The second kappa shape index (κ2) is 8.88. The Balaban J connectivity index is 1.73. The van der Waals surface area contributed by atoms with E-state index in [-0.39, 0.29) is 0 Å². The molecule has 1 atom stereocenters. The maximum absolute atomic E-state index is 4.28. The highest BCUT2D eigenvalue weighted by Crippen LogP contribution is 2.12. The zero-order chi connectivity index (χ0) is 15.6. The number of nitrogens with zero attached hydrogens (tertiary/aromatic N) is 1. The Morgan fingerprint density at radius 3 is 2.23 bits per heavy atom. The Morgan fingerprint density at radius 2 is 1.59 bits per heavy atom. The molecule has 0 amide bonds. The molecule has 0 aliphatic heterocycles. The molecule has 0 heterocycles. The van der Waals surface area contributed by atoms with Crippen LogP contribution < -0.4 is 10.6 Å². The quantitative estimate of drug-likeness (QED) is 0.634. The van der Waals surface area contributed by atoms with E-state index in [9.17, 15) is 0 Å². The summed E-state index contributed by atoms with van der Waals surface area (Å²) < 4.78 is 0. The third kappa shape index (κ3) is 5.24. The molecule has 22 heavy (non-hydrogen) atoms. The first-order chi connectivity index (χ1) is 10.8. The lowest BCUT2D eigenvalue weighted by atomic mass is 10.0. The van der Waals surface area contributed by atoms with Gasteiger partial charge in [-0.25, -0.2) is 0 Å². The largest absolute Gasteiger partial charge is 0.356 e. The molecule has 116 valence electrons. The predicted octanol–water partition coefficient (Wildman–Crippen LogP) is 3.20. The number of rotatable bonds is 6. The summed E-state index contributed by atoms with van der Waals surface area (Å²) in [5, 5.41) is 6.76. The Bertz CT molecular complexity index is 564. The van der Waals surface area contributed by atoms with Gasteiger partial charge in [-0.15, -0.1) is 0 Å². The third-order valence-corrected chi connectivity index (χ3v) is 3.72. The molecule has 0 saturated carbocycles. The van der Waals surface area contributed by atoms with Crippen molar-refractivity contribution in [3.05, 3.63) is 71.8 Å². The van der Waals surface area contributed by atoms with E-state index < -0.39 is 0 Å². The van der Waals surface area contributed by atoms with Gasteiger partial charge in [0.2, 0.25) is 0 Å². The normalized spacial score (nSPS) is 12.7. The van der Waals surface area contributed by atoms with Crippen molar-refractivity contribution in [2.45, 2.75) is 19.3 Å². The van der Waals surface area contributed by atoms with Gasteiger partial charge in [0.15, 0.2) is 5.96 Å². The molecule has 1 unspecified atom stereocenters. The first-order valence-corrected chi connectivity index (χ1v) is 7.83. The average molecular weight is 295 g/mol. The molecule has 0 aliphatic rings. The van der Waals surface area contributed by atoms with E-state index >= 15 is 0 Å². The van der Waals surface area contributed by atoms with E-state index in [1.54, 1.807) is 0 Å². The Labute approximate surface area is 133 Å². The Hall–Kier alpha value is -2.29. The monoisotopic (exact) mass is 295 g/mol. The molecule has 0 spiro atoms. The molecule has 0 bridgehead atoms. The molecule has 2 rings (SSSR count). The van der Waals surface area contributed by atoms with E-state index in [0.29, 0.717) is 5.92 Å². The van der Waals surface area contributed by atoms with Crippen molar-refractivity contribution in [1.29, 1.82) is 0 Å². The predicted molar refractivity (Wildman–Crippen MR) is 94.4 cm³/mol. The molecular formula is C19H25N3. The molecule has 0 aromatic heterocycles. The molecule has 3 nitrogen and oxygen atoms in total. The average Bonchev–Trinajstić information content (AvgIpc) is 2.59. The molecule has 0 fully saturated rings. The van der Waals surface area contributed by atoms with Gasteiger partial charge in [0.05, 0.1) is 0 Å². The highest BCUT2D eigenvalue weighted by atomic mass is 15.2. The first-order valence-electron chi connectivity index (χ1n) is 7.83. The summed E-state index contributed by atoms with van der Waals surface area (Å²) in [6.45, 7) is 3.97. The van der Waals surface area contributed by atoms with Gasteiger partial charge in [0.25, 0.3) is 0 Å². The molecule has 0 aliphatic carbocycles. The van der Waals surface area contributed by atoms with Crippen LogP contribution in [-0.4, -0.2) is 26.1 Å². The van der Waals surface area contributed by atoms with Gasteiger partial charge in [-0.2, -0.15) is 0 Å². The lowest BCUT2D eigenvalue weighted by molar-refractivity contribution is 0.698. The summed E-state index contributed by atoms with van der Waals surface area (Å²) in [5.41, 5.74) is 2.68. The molecular weight excluding hydrogens is 270 g/mol. The fourth-order valence-electron chi connectivity index (χ4n) is 2.34. The van der Waals surface area contributed by atoms with Gasteiger partial charge in [-0.05, 0) is 23.5 Å². The van der Waals surface area contributed by atoms with Crippen molar-refractivity contribution in [3.63, 3.8) is 0 Å². The van der Waals surface area contributed by atoms with E-state index in [1.165, 1.54) is 11.1 Å². The minimum atomic E-state index is 0.453. The van der Waals surface area contributed by atoms with Gasteiger partial charge < -0.3 is 10.6 Å². The van der Waals surface area contributed by atoms with Crippen LogP contribution in [-0.2, 0) is 6.42 Å². The summed E-state index contributed by atoms with van der Waals surface area (Å²) in [5.74, 6) is 1.31. The van der Waals surface area contributed by atoms with Crippen molar-refractivity contribution < 1.29 is 0 Å². The van der Waals surface area contributed by atoms with Gasteiger partial charge in [-0.1, -0.05) is 67.6 Å². The fourth-order valence-corrected chi connectivity index (χ4v) is 2.34. The molecule has 3 heteroatoms. The zero-order valence-corrected chi connectivity index (χ0v) is 13.4. The van der Waals surface area contributed by atoms with Crippen LogP contribution in [0.4, 0.5) is 0 Å². The van der Waals surface area contributed by atoms with Gasteiger partial charge in [0, 0.05) is 20.1 Å². The zero-order valence-electron chi connectivity index (χ0n) is 13.4. The maximum atomic E-state index is 4.28. The van der Waals surface area contributed by atoms with Crippen molar-refractivity contribution in [2.24, 2.45) is 4.99 Å². The number of hydrogen-bond donors (Lipinski definition) is 2. The van der Waals surface area contributed by atoms with E-state index in [0.717, 1.165) is 25.5 Å². The van der Waals surface area contributed by atoms with Gasteiger partial charge in [0.1, 0.15) is 0 Å². The Morgan fingerprint density at radius 1 is 0.955 bits per heavy atom. The number of aliphatic imine (C=N–C) groups is 1. The van der Waals surface area contributed by atoms with Crippen molar-refractivity contribution >= 4 is 5.96 Å². The van der Waals surface area contributed by atoms with Crippen LogP contribution in [0.2, 0.25) is 0 Å². The number of guanidine groups is 1. The van der Waals surface area contributed by atoms with Crippen molar-refractivity contribution in [1.82, 2.24) is 10.6 Å². The van der Waals surface area contributed by atoms with Crippen LogP contribution in [0.15, 0.2) is 65.7 Å². The fraction of sp³-hybridized carbons (Fsp3) is 0.316. The maximum Gasteiger partial charge on any atom is 0.191 e. The summed E-state index contributed by atoms with van der Waals surface area (Å²) in [7, 11) is 1.81. The second-order valence-electron chi connectivity index (χ2n) is 5.43. The summed E-state index contributed by atoms with van der Waals surface area (Å²) in [6, 6.07) is 21.0. The van der Waals surface area contributed by atoms with Crippen LogP contribution in [0.1, 0.15) is 24.0 Å². The number of benzene rings is 2. The number of nitrogens with one attached hydrogen (secondary N) is 2. The van der Waals surface area contributed by atoms with Crippen LogP contribution in [0.25, 0.3) is 0 Å². The SMILES string of the molecule is CN=C(NCCc1ccccc1)NCC(C)c1ccccc1. The first kappa shape index (κ1) is 16.1. The smallest absolute Gasteiger partial charge is 0.191 e. The summed E-state index contributed by atoms with van der Waals surface area (Å²) >= 11 is 0. The van der Waals surface area contributed by atoms with E-state index in [2.05, 4.69) is 71.1 Å². The molecule has 2 aromatic carbocycles. The summed E-state index contributed by atoms with van der Waals surface area (Å²) in [6.07, 6.45) is 0.996. The lowest BCUT2D eigenvalue weighted by Gasteiger charge is -2.16. The number of hydrogen-bond acceptors (Lipinski definition) is 1. The van der Waals surface area contributed by atoms with Crippen molar-refractivity contribution in [3.8, 4) is 0 Å². The van der Waals surface area contributed by atoms with Gasteiger partial charge in [-0.3, -0.25) is 4.99 Å². The lowest BCUT2D eigenvalue weighted by Crippen LogP contribution is -2.39. The minimum Gasteiger partial charge on any atom is -0.356 e. The van der Waals surface area contributed by atoms with Gasteiger partial charge >= 0.3 is 0 Å². The van der Waals surface area contributed by atoms with Crippen LogP contribution in [0.5, 0.6) is 0 Å². The minimum absolute atomic E-state index is 0.453.